The molecule has 0 spiro atoms. The molecule has 3 N–H and O–H groups in total. The summed E-state index contributed by atoms with van der Waals surface area (Å²) in [7, 11) is 0. The van der Waals surface area contributed by atoms with Crippen LogP contribution in [0, 0.1) is 0 Å². The van der Waals surface area contributed by atoms with E-state index in [2.05, 4.69) is 10.3 Å². The SMILES string of the molecule is CCC(N)CC(=O)Nc1nc2c(s1)CCC2. The topological polar surface area (TPSA) is 68.0 Å². The van der Waals surface area contributed by atoms with Crippen LogP contribution in [0.4, 0.5) is 5.13 Å². The molecule has 0 aliphatic heterocycles. The molecule has 1 heterocycles. The van der Waals surface area contributed by atoms with Crippen LogP contribution < -0.4 is 11.1 Å². The van der Waals surface area contributed by atoms with E-state index >= 15 is 0 Å². The third-order valence-electron chi connectivity index (χ3n) is 2.81. The van der Waals surface area contributed by atoms with Crippen LogP contribution in [0.5, 0.6) is 0 Å². The van der Waals surface area contributed by atoms with E-state index in [-0.39, 0.29) is 11.9 Å². The molecular formula is C11H17N3OS. The Balaban J connectivity index is 1.91. The van der Waals surface area contributed by atoms with Gasteiger partial charge in [-0.1, -0.05) is 6.92 Å². The minimum absolute atomic E-state index is 0.0261. The van der Waals surface area contributed by atoms with Gasteiger partial charge in [0.25, 0.3) is 0 Å². The number of hydrogen-bond acceptors (Lipinski definition) is 4. The average Bonchev–Trinajstić information content (AvgIpc) is 2.77. The van der Waals surface area contributed by atoms with E-state index in [1.807, 2.05) is 6.92 Å². The van der Waals surface area contributed by atoms with Gasteiger partial charge in [0, 0.05) is 17.3 Å². The Morgan fingerprint density at radius 1 is 1.62 bits per heavy atom. The van der Waals surface area contributed by atoms with Crippen molar-refractivity contribution in [1.29, 1.82) is 0 Å². The Labute approximate surface area is 99.3 Å². The molecule has 1 unspecified atom stereocenters. The molecule has 2 rings (SSSR count). The summed E-state index contributed by atoms with van der Waals surface area (Å²) in [6.45, 7) is 1.98. The highest BCUT2D eigenvalue weighted by Crippen LogP contribution is 2.30. The quantitative estimate of drug-likeness (QED) is 0.840. The van der Waals surface area contributed by atoms with Crippen molar-refractivity contribution in [2.45, 2.75) is 45.1 Å². The van der Waals surface area contributed by atoms with Crippen LogP contribution in [0.15, 0.2) is 0 Å². The van der Waals surface area contributed by atoms with E-state index in [4.69, 9.17) is 5.73 Å². The molecule has 5 heteroatoms. The van der Waals surface area contributed by atoms with Gasteiger partial charge >= 0.3 is 0 Å². The van der Waals surface area contributed by atoms with Crippen LogP contribution in [0.3, 0.4) is 0 Å². The molecule has 1 aromatic heterocycles. The molecule has 0 saturated carbocycles. The van der Waals surface area contributed by atoms with Crippen molar-refractivity contribution in [2.24, 2.45) is 5.73 Å². The summed E-state index contributed by atoms with van der Waals surface area (Å²) in [4.78, 5) is 17.3. The average molecular weight is 239 g/mol. The monoisotopic (exact) mass is 239 g/mol. The number of aryl methyl sites for hydroxylation is 2. The van der Waals surface area contributed by atoms with E-state index < -0.39 is 0 Å². The van der Waals surface area contributed by atoms with Gasteiger partial charge in [-0.2, -0.15) is 0 Å². The molecule has 4 nitrogen and oxygen atoms in total. The van der Waals surface area contributed by atoms with E-state index in [0.29, 0.717) is 6.42 Å². The number of aromatic nitrogens is 1. The molecule has 1 aromatic rings. The Bertz CT molecular complexity index is 367. The van der Waals surface area contributed by atoms with Gasteiger partial charge in [-0.05, 0) is 25.7 Å². The zero-order valence-corrected chi connectivity index (χ0v) is 10.3. The fourth-order valence-corrected chi connectivity index (χ4v) is 2.86. The number of amides is 1. The van der Waals surface area contributed by atoms with Gasteiger partial charge in [-0.25, -0.2) is 4.98 Å². The first-order valence-electron chi connectivity index (χ1n) is 5.73. The fraction of sp³-hybridized carbons (Fsp3) is 0.636. The number of nitrogens with two attached hydrogens (primary N) is 1. The van der Waals surface area contributed by atoms with Gasteiger partial charge in [0.15, 0.2) is 5.13 Å². The van der Waals surface area contributed by atoms with Crippen molar-refractivity contribution in [1.82, 2.24) is 4.98 Å². The van der Waals surface area contributed by atoms with E-state index in [1.165, 1.54) is 17.0 Å². The molecule has 1 amide bonds. The molecule has 1 atom stereocenters. The maximum absolute atomic E-state index is 11.6. The molecule has 88 valence electrons. The minimum Gasteiger partial charge on any atom is -0.327 e. The van der Waals surface area contributed by atoms with Crippen LogP contribution in [-0.4, -0.2) is 16.9 Å². The number of hydrogen-bond donors (Lipinski definition) is 2. The largest absolute Gasteiger partial charge is 0.327 e. The van der Waals surface area contributed by atoms with Gasteiger partial charge in [-0.15, -0.1) is 11.3 Å². The Morgan fingerprint density at radius 2 is 2.44 bits per heavy atom. The summed E-state index contributed by atoms with van der Waals surface area (Å²) in [5, 5.41) is 3.56. The Morgan fingerprint density at radius 3 is 3.12 bits per heavy atom. The van der Waals surface area contributed by atoms with Crippen LogP contribution in [0.1, 0.15) is 36.8 Å². The molecule has 16 heavy (non-hydrogen) atoms. The van der Waals surface area contributed by atoms with Crippen molar-refractivity contribution in [2.75, 3.05) is 5.32 Å². The number of fused-ring (bicyclic) bond motifs is 1. The van der Waals surface area contributed by atoms with Crippen LogP contribution >= 0.6 is 11.3 Å². The predicted octanol–water partition coefficient (Wildman–Crippen LogP) is 1.70. The van der Waals surface area contributed by atoms with Gasteiger partial charge in [-0.3, -0.25) is 4.79 Å². The van der Waals surface area contributed by atoms with Crippen LogP contribution in [0.2, 0.25) is 0 Å². The van der Waals surface area contributed by atoms with Crippen molar-refractivity contribution in [3.63, 3.8) is 0 Å². The zero-order valence-electron chi connectivity index (χ0n) is 9.45. The van der Waals surface area contributed by atoms with Crippen molar-refractivity contribution >= 4 is 22.4 Å². The van der Waals surface area contributed by atoms with Crippen LogP contribution in [-0.2, 0) is 17.6 Å². The predicted molar refractivity (Wildman–Crippen MR) is 65.7 cm³/mol. The van der Waals surface area contributed by atoms with Crippen LogP contribution in [0.25, 0.3) is 0 Å². The summed E-state index contributed by atoms with van der Waals surface area (Å²) in [6, 6.07) is -0.0493. The summed E-state index contributed by atoms with van der Waals surface area (Å²) >= 11 is 1.60. The lowest BCUT2D eigenvalue weighted by atomic mass is 10.2. The second-order valence-electron chi connectivity index (χ2n) is 4.16. The highest BCUT2D eigenvalue weighted by Gasteiger charge is 2.18. The molecule has 1 aliphatic rings. The normalized spacial score (nSPS) is 15.9. The Kier molecular flexibility index (Phi) is 3.56. The minimum atomic E-state index is -0.0493. The molecule has 0 bridgehead atoms. The van der Waals surface area contributed by atoms with Crippen molar-refractivity contribution in [3.05, 3.63) is 10.6 Å². The highest BCUT2D eigenvalue weighted by molar-refractivity contribution is 7.15. The molecule has 0 fully saturated rings. The molecule has 0 aromatic carbocycles. The summed E-state index contributed by atoms with van der Waals surface area (Å²) in [5.41, 5.74) is 6.89. The van der Waals surface area contributed by atoms with E-state index in [0.717, 1.165) is 24.4 Å². The molecular weight excluding hydrogens is 222 g/mol. The number of anilines is 1. The number of rotatable bonds is 4. The van der Waals surface area contributed by atoms with E-state index in [9.17, 15) is 4.79 Å². The highest BCUT2D eigenvalue weighted by atomic mass is 32.1. The van der Waals surface area contributed by atoms with Gasteiger partial charge in [0.2, 0.25) is 5.91 Å². The number of nitrogens with one attached hydrogen (secondary N) is 1. The first-order valence-corrected chi connectivity index (χ1v) is 6.54. The zero-order chi connectivity index (χ0) is 11.5. The lowest BCUT2D eigenvalue weighted by Gasteiger charge is -2.07. The number of carbonyl (C=O) groups excluding carboxylic acids is 1. The second-order valence-corrected chi connectivity index (χ2v) is 5.25. The smallest absolute Gasteiger partial charge is 0.227 e. The third-order valence-corrected chi connectivity index (χ3v) is 3.89. The molecule has 0 saturated heterocycles. The molecule has 0 radical (unpaired) electrons. The van der Waals surface area contributed by atoms with E-state index in [1.54, 1.807) is 11.3 Å². The number of thiazole rings is 1. The number of carbonyl (C=O) groups is 1. The fourth-order valence-electron chi connectivity index (χ4n) is 1.80. The van der Waals surface area contributed by atoms with Crippen molar-refractivity contribution in [3.8, 4) is 0 Å². The first-order chi connectivity index (χ1) is 7.69. The van der Waals surface area contributed by atoms with Gasteiger partial charge in [0.05, 0.1) is 5.69 Å². The summed E-state index contributed by atoms with van der Waals surface area (Å²) < 4.78 is 0. The maximum atomic E-state index is 11.6. The maximum Gasteiger partial charge on any atom is 0.227 e. The lowest BCUT2D eigenvalue weighted by Crippen LogP contribution is -2.26. The summed E-state index contributed by atoms with van der Waals surface area (Å²) in [5.74, 6) is -0.0261. The summed E-state index contributed by atoms with van der Waals surface area (Å²) in [6.07, 6.45) is 4.55. The standard InChI is InChI=1S/C11H17N3OS/c1-2-7(12)6-10(15)14-11-13-8-4-3-5-9(8)16-11/h7H,2-6,12H2,1H3,(H,13,14,15). The van der Waals surface area contributed by atoms with Crippen molar-refractivity contribution < 1.29 is 4.79 Å². The van der Waals surface area contributed by atoms with Gasteiger partial charge in [0.1, 0.15) is 0 Å². The first kappa shape index (κ1) is 11.5. The lowest BCUT2D eigenvalue weighted by molar-refractivity contribution is -0.116. The molecule has 1 aliphatic carbocycles. The third kappa shape index (κ3) is 2.59. The van der Waals surface area contributed by atoms with Gasteiger partial charge < -0.3 is 11.1 Å². The second kappa shape index (κ2) is 4.93. The Hall–Kier alpha value is -0.940. The number of nitrogens with zero attached hydrogens (tertiary/aromatic N) is 1.